The lowest BCUT2D eigenvalue weighted by Crippen LogP contribution is -2.47. The Morgan fingerprint density at radius 1 is 1.09 bits per heavy atom. The maximum absolute atomic E-state index is 11.9. The molecular weight excluding hydrogens is 298 g/mol. The van der Waals surface area contributed by atoms with Crippen LogP contribution in [0.4, 0.5) is 4.79 Å². The van der Waals surface area contributed by atoms with E-state index in [4.69, 9.17) is 4.74 Å². The van der Waals surface area contributed by atoms with E-state index in [2.05, 4.69) is 5.32 Å². The number of hydrogen-bond acceptors (Lipinski definition) is 4. The fraction of sp³-hybridized carbons (Fsp3) is 0.882. The lowest BCUT2D eigenvalue weighted by molar-refractivity contribution is -0.144. The molecule has 0 radical (unpaired) electrons. The second kappa shape index (κ2) is 9.11. The second-order valence-electron chi connectivity index (χ2n) is 7.87. The minimum absolute atomic E-state index is 0.0941. The van der Waals surface area contributed by atoms with Crippen molar-refractivity contribution < 1.29 is 24.5 Å². The van der Waals surface area contributed by atoms with E-state index in [9.17, 15) is 19.8 Å². The van der Waals surface area contributed by atoms with Gasteiger partial charge in [0.25, 0.3) is 0 Å². The Balaban J connectivity index is 4.94. The minimum Gasteiger partial charge on any atom is -0.481 e. The lowest BCUT2D eigenvalue weighted by atomic mass is 9.86. The molecule has 3 atom stereocenters. The third kappa shape index (κ3) is 9.43. The molecule has 136 valence electrons. The predicted octanol–water partition coefficient (Wildman–Crippen LogP) is 3.03. The molecule has 0 aromatic heterocycles. The van der Waals surface area contributed by atoms with Crippen LogP contribution in [0.25, 0.3) is 0 Å². The standard InChI is InChI=1S/C17H33NO5/c1-10(2)8-13(18-16(22)23-17(5,6)7)14(19)9-12(11(3)4)15(20)21/h10-14,19H,8-9H2,1-7H3,(H,18,22)(H,20,21)/t12-,13?,14?/m0/s1. The van der Waals surface area contributed by atoms with E-state index in [1.165, 1.54) is 0 Å². The molecule has 0 aromatic rings. The monoisotopic (exact) mass is 331 g/mol. The first-order chi connectivity index (χ1) is 10.3. The van der Waals surface area contributed by atoms with Crippen LogP contribution in [0.5, 0.6) is 0 Å². The Kier molecular flexibility index (Phi) is 8.59. The van der Waals surface area contributed by atoms with Crippen molar-refractivity contribution in [3.8, 4) is 0 Å². The molecule has 0 bridgehead atoms. The molecule has 0 aromatic carbocycles. The fourth-order valence-electron chi connectivity index (χ4n) is 2.36. The van der Waals surface area contributed by atoms with Gasteiger partial charge in [-0.3, -0.25) is 4.79 Å². The highest BCUT2D eigenvalue weighted by molar-refractivity contribution is 5.70. The number of aliphatic hydroxyl groups is 1. The van der Waals surface area contributed by atoms with Gasteiger partial charge in [0.1, 0.15) is 5.60 Å². The second-order valence-corrected chi connectivity index (χ2v) is 7.87. The molecule has 0 aliphatic heterocycles. The highest BCUT2D eigenvalue weighted by Crippen LogP contribution is 2.21. The average Bonchev–Trinajstić information content (AvgIpc) is 2.30. The largest absolute Gasteiger partial charge is 0.481 e. The number of amides is 1. The molecule has 0 heterocycles. The van der Waals surface area contributed by atoms with E-state index in [1.54, 1.807) is 20.8 Å². The quantitative estimate of drug-likeness (QED) is 0.635. The Labute approximate surface area is 139 Å². The molecule has 1 amide bonds. The number of carbonyl (C=O) groups is 2. The van der Waals surface area contributed by atoms with Gasteiger partial charge >= 0.3 is 12.1 Å². The van der Waals surface area contributed by atoms with Crippen molar-refractivity contribution in [3.05, 3.63) is 0 Å². The lowest BCUT2D eigenvalue weighted by Gasteiger charge is -2.29. The van der Waals surface area contributed by atoms with Gasteiger partial charge in [0.05, 0.1) is 18.1 Å². The SMILES string of the molecule is CC(C)CC(NC(=O)OC(C)(C)C)C(O)C[C@H](C(=O)O)C(C)C. The average molecular weight is 331 g/mol. The molecule has 0 fully saturated rings. The summed E-state index contributed by atoms with van der Waals surface area (Å²) in [5.74, 6) is -1.44. The van der Waals surface area contributed by atoms with Crippen LogP contribution in [0.1, 0.15) is 61.3 Å². The van der Waals surface area contributed by atoms with Crippen LogP contribution < -0.4 is 5.32 Å². The van der Waals surface area contributed by atoms with Gasteiger partial charge in [-0.05, 0) is 45.4 Å². The Bertz CT molecular complexity index is 387. The summed E-state index contributed by atoms with van der Waals surface area (Å²) in [5.41, 5.74) is -0.626. The van der Waals surface area contributed by atoms with Crippen molar-refractivity contribution >= 4 is 12.1 Å². The van der Waals surface area contributed by atoms with Crippen molar-refractivity contribution in [1.82, 2.24) is 5.32 Å². The summed E-state index contributed by atoms with van der Waals surface area (Å²) in [6.45, 7) is 12.9. The molecule has 0 aliphatic rings. The van der Waals surface area contributed by atoms with Gasteiger partial charge in [-0.15, -0.1) is 0 Å². The molecule has 2 unspecified atom stereocenters. The first-order valence-electron chi connectivity index (χ1n) is 8.23. The minimum atomic E-state index is -0.937. The van der Waals surface area contributed by atoms with Crippen LogP contribution in [0.15, 0.2) is 0 Å². The summed E-state index contributed by atoms with van der Waals surface area (Å²) in [7, 11) is 0. The predicted molar refractivity (Wildman–Crippen MR) is 89.2 cm³/mol. The van der Waals surface area contributed by atoms with Gasteiger partial charge < -0.3 is 20.3 Å². The molecule has 3 N–H and O–H groups in total. The third-order valence-electron chi connectivity index (χ3n) is 3.51. The molecule has 0 aliphatic carbocycles. The van der Waals surface area contributed by atoms with Gasteiger partial charge in [0.15, 0.2) is 0 Å². The summed E-state index contributed by atoms with van der Waals surface area (Å²) in [6.07, 6.45) is -0.891. The van der Waals surface area contributed by atoms with Gasteiger partial charge in [0.2, 0.25) is 0 Å². The number of aliphatic carboxylic acids is 1. The summed E-state index contributed by atoms with van der Waals surface area (Å²) in [4.78, 5) is 23.3. The Morgan fingerprint density at radius 3 is 1.96 bits per heavy atom. The number of ether oxygens (including phenoxy) is 1. The number of rotatable bonds is 8. The third-order valence-corrected chi connectivity index (χ3v) is 3.51. The maximum Gasteiger partial charge on any atom is 0.407 e. The molecule has 0 saturated heterocycles. The van der Waals surface area contributed by atoms with Gasteiger partial charge in [-0.25, -0.2) is 4.79 Å². The molecule has 6 heteroatoms. The number of carboxylic acid groups (broad SMARTS) is 1. The molecule has 23 heavy (non-hydrogen) atoms. The van der Waals surface area contributed by atoms with E-state index in [-0.39, 0.29) is 18.3 Å². The van der Waals surface area contributed by atoms with Crippen molar-refractivity contribution in [2.45, 2.75) is 79.1 Å². The topological polar surface area (TPSA) is 95.9 Å². The van der Waals surface area contributed by atoms with E-state index in [1.807, 2.05) is 27.7 Å². The molecule has 0 rings (SSSR count). The number of nitrogens with one attached hydrogen (secondary N) is 1. The summed E-state index contributed by atoms with van der Waals surface area (Å²) in [6, 6.07) is -0.537. The van der Waals surface area contributed by atoms with Crippen LogP contribution in [-0.4, -0.2) is 40.0 Å². The van der Waals surface area contributed by atoms with Crippen LogP contribution in [-0.2, 0) is 9.53 Å². The van der Waals surface area contributed by atoms with Crippen LogP contribution in [0.2, 0.25) is 0 Å². The van der Waals surface area contributed by atoms with Crippen LogP contribution in [0, 0.1) is 17.8 Å². The fourth-order valence-corrected chi connectivity index (χ4v) is 2.36. The van der Waals surface area contributed by atoms with E-state index in [0.29, 0.717) is 6.42 Å². The van der Waals surface area contributed by atoms with Gasteiger partial charge in [-0.1, -0.05) is 27.7 Å². The van der Waals surface area contributed by atoms with Crippen LogP contribution >= 0.6 is 0 Å². The zero-order chi connectivity index (χ0) is 18.4. The summed E-state index contributed by atoms with van der Waals surface area (Å²) >= 11 is 0. The van der Waals surface area contributed by atoms with Gasteiger partial charge in [-0.2, -0.15) is 0 Å². The zero-order valence-corrected chi connectivity index (χ0v) is 15.4. The number of carbonyl (C=O) groups excluding carboxylic acids is 1. The summed E-state index contributed by atoms with van der Waals surface area (Å²) in [5, 5.41) is 22.4. The number of aliphatic hydroxyl groups excluding tert-OH is 1. The Hall–Kier alpha value is -1.30. The van der Waals surface area contributed by atoms with Crippen LogP contribution in [0.3, 0.4) is 0 Å². The van der Waals surface area contributed by atoms with Crippen molar-refractivity contribution in [1.29, 1.82) is 0 Å². The van der Waals surface area contributed by atoms with Crippen molar-refractivity contribution in [2.75, 3.05) is 0 Å². The first-order valence-corrected chi connectivity index (χ1v) is 8.23. The highest BCUT2D eigenvalue weighted by Gasteiger charge is 2.31. The molecule has 0 saturated carbocycles. The Morgan fingerprint density at radius 2 is 1.61 bits per heavy atom. The van der Waals surface area contributed by atoms with Crippen molar-refractivity contribution in [3.63, 3.8) is 0 Å². The summed E-state index contributed by atoms with van der Waals surface area (Å²) < 4.78 is 5.22. The van der Waals surface area contributed by atoms with Crippen molar-refractivity contribution in [2.24, 2.45) is 17.8 Å². The highest BCUT2D eigenvalue weighted by atomic mass is 16.6. The van der Waals surface area contributed by atoms with E-state index in [0.717, 1.165) is 0 Å². The first kappa shape index (κ1) is 21.7. The number of alkyl carbamates (subject to hydrolysis) is 1. The zero-order valence-electron chi connectivity index (χ0n) is 15.4. The maximum atomic E-state index is 11.9. The number of hydrogen-bond donors (Lipinski definition) is 3. The molecule has 6 nitrogen and oxygen atoms in total. The molecular formula is C17H33NO5. The normalized spacial score (nSPS) is 16.1. The van der Waals surface area contributed by atoms with E-state index >= 15 is 0 Å². The molecule has 0 spiro atoms. The smallest absolute Gasteiger partial charge is 0.407 e. The van der Waals surface area contributed by atoms with Gasteiger partial charge in [0, 0.05) is 0 Å². The van der Waals surface area contributed by atoms with E-state index < -0.39 is 35.7 Å². The number of carboxylic acids is 1.